The molecule has 0 atom stereocenters. The number of carbonyl (C=O) groups is 1. The highest BCUT2D eigenvalue weighted by Crippen LogP contribution is 2.13. The second-order valence-corrected chi connectivity index (χ2v) is 5.75. The number of halogens is 1. The summed E-state index contributed by atoms with van der Waals surface area (Å²) in [6.45, 7) is 1.78. The van der Waals surface area contributed by atoms with Gasteiger partial charge in [-0.05, 0) is 30.7 Å². The average Bonchev–Trinajstić information content (AvgIpc) is 2.67. The fraction of sp³-hybridized carbons (Fsp3) is 0.158. The molecule has 0 saturated carbocycles. The number of amides is 1. The number of pyridine rings is 1. The maximum absolute atomic E-state index is 14.1. The molecule has 0 unspecified atom stereocenters. The van der Waals surface area contributed by atoms with E-state index in [0.717, 1.165) is 5.56 Å². The smallest absolute Gasteiger partial charge is 0.276 e. The molecule has 0 aliphatic carbocycles. The van der Waals surface area contributed by atoms with Gasteiger partial charge >= 0.3 is 0 Å². The Morgan fingerprint density at radius 1 is 1.26 bits per heavy atom. The van der Waals surface area contributed by atoms with Crippen molar-refractivity contribution in [3.8, 4) is 11.6 Å². The maximum atomic E-state index is 14.1. The van der Waals surface area contributed by atoms with E-state index in [1.165, 1.54) is 30.0 Å². The minimum Gasteiger partial charge on any atom is -0.481 e. The van der Waals surface area contributed by atoms with Crippen LogP contribution in [0.4, 0.5) is 4.39 Å². The predicted molar refractivity (Wildman–Crippen MR) is 96.5 cm³/mol. The SMILES string of the molecule is COc1cc(CNC(=O)c2nn(-c3ccccc3F)c(C)cc2=O)ccn1. The normalized spacial score (nSPS) is 10.5. The van der Waals surface area contributed by atoms with Gasteiger partial charge in [-0.25, -0.2) is 14.1 Å². The summed E-state index contributed by atoms with van der Waals surface area (Å²) < 4.78 is 20.3. The third-order valence-corrected chi connectivity index (χ3v) is 3.86. The highest BCUT2D eigenvalue weighted by molar-refractivity contribution is 5.92. The number of hydrogen-bond acceptors (Lipinski definition) is 5. The molecule has 0 spiro atoms. The molecule has 0 radical (unpaired) electrons. The molecule has 138 valence electrons. The fourth-order valence-electron chi connectivity index (χ4n) is 2.51. The van der Waals surface area contributed by atoms with Crippen molar-refractivity contribution in [3.05, 3.63) is 81.7 Å². The van der Waals surface area contributed by atoms with Crippen molar-refractivity contribution in [2.45, 2.75) is 13.5 Å². The van der Waals surface area contributed by atoms with Crippen molar-refractivity contribution in [2.24, 2.45) is 0 Å². The number of nitrogens with zero attached hydrogens (tertiary/aromatic N) is 3. The topological polar surface area (TPSA) is 86.1 Å². The van der Waals surface area contributed by atoms with E-state index in [1.54, 1.807) is 37.4 Å². The second kappa shape index (κ2) is 7.77. The Kier molecular flexibility index (Phi) is 5.25. The van der Waals surface area contributed by atoms with Crippen LogP contribution in [-0.4, -0.2) is 27.8 Å². The van der Waals surface area contributed by atoms with E-state index in [0.29, 0.717) is 11.6 Å². The first kappa shape index (κ1) is 18.2. The number of nitrogens with one attached hydrogen (secondary N) is 1. The van der Waals surface area contributed by atoms with Crippen LogP contribution in [0.1, 0.15) is 21.7 Å². The zero-order valence-corrected chi connectivity index (χ0v) is 14.8. The molecular weight excluding hydrogens is 351 g/mol. The number of para-hydroxylation sites is 1. The number of aromatic nitrogens is 3. The standard InChI is InChI=1S/C19H17FN4O3/c1-12-9-16(25)18(23-24(12)15-6-4-3-5-14(15)20)19(26)22-11-13-7-8-21-17(10-13)27-2/h3-10H,11H2,1-2H3,(H,22,26). The van der Waals surface area contributed by atoms with Crippen LogP contribution in [0.15, 0.2) is 53.5 Å². The molecule has 0 fully saturated rings. The highest BCUT2D eigenvalue weighted by atomic mass is 19.1. The second-order valence-electron chi connectivity index (χ2n) is 5.75. The Morgan fingerprint density at radius 3 is 2.78 bits per heavy atom. The molecule has 2 aromatic heterocycles. The summed E-state index contributed by atoms with van der Waals surface area (Å²) in [5, 5.41) is 6.69. The predicted octanol–water partition coefficient (Wildman–Crippen LogP) is 2.01. The minimum atomic E-state index is -0.652. The fourth-order valence-corrected chi connectivity index (χ4v) is 2.51. The molecule has 3 aromatic rings. The summed E-state index contributed by atoms with van der Waals surface area (Å²) in [6, 6.07) is 10.6. The Balaban J connectivity index is 1.87. The highest BCUT2D eigenvalue weighted by Gasteiger charge is 2.16. The van der Waals surface area contributed by atoms with E-state index in [9.17, 15) is 14.0 Å². The monoisotopic (exact) mass is 368 g/mol. The van der Waals surface area contributed by atoms with E-state index >= 15 is 0 Å². The minimum absolute atomic E-state index is 0.155. The van der Waals surface area contributed by atoms with Crippen molar-refractivity contribution in [3.63, 3.8) is 0 Å². The summed E-state index contributed by atoms with van der Waals surface area (Å²) in [5.74, 6) is -0.745. The van der Waals surface area contributed by atoms with Crippen LogP contribution in [0.25, 0.3) is 5.69 Å². The zero-order valence-electron chi connectivity index (χ0n) is 14.8. The van der Waals surface area contributed by atoms with Crippen molar-refractivity contribution in [1.82, 2.24) is 20.1 Å². The molecule has 8 heteroatoms. The number of hydrogen-bond donors (Lipinski definition) is 1. The van der Waals surface area contributed by atoms with Crippen LogP contribution >= 0.6 is 0 Å². The Bertz CT molecular complexity index is 1050. The van der Waals surface area contributed by atoms with Gasteiger partial charge < -0.3 is 10.1 Å². The number of carbonyl (C=O) groups excluding carboxylic acids is 1. The van der Waals surface area contributed by atoms with Crippen LogP contribution in [0.2, 0.25) is 0 Å². The lowest BCUT2D eigenvalue weighted by atomic mass is 10.2. The molecule has 0 saturated heterocycles. The number of benzene rings is 1. The lowest BCUT2D eigenvalue weighted by Gasteiger charge is -2.12. The van der Waals surface area contributed by atoms with E-state index in [1.807, 2.05) is 0 Å². The van der Waals surface area contributed by atoms with Gasteiger partial charge in [0.1, 0.15) is 11.5 Å². The third-order valence-electron chi connectivity index (χ3n) is 3.86. The number of methoxy groups -OCH3 is 1. The van der Waals surface area contributed by atoms with Crippen molar-refractivity contribution < 1.29 is 13.9 Å². The molecule has 1 amide bonds. The first-order chi connectivity index (χ1) is 13.0. The van der Waals surface area contributed by atoms with Gasteiger partial charge in [0, 0.05) is 30.6 Å². The Hall–Kier alpha value is -3.55. The van der Waals surface area contributed by atoms with E-state index in [2.05, 4.69) is 15.4 Å². The Labute approximate surface area is 154 Å². The molecule has 7 nitrogen and oxygen atoms in total. The molecule has 1 aromatic carbocycles. The third kappa shape index (κ3) is 4.00. The molecule has 3 rings (SSSR count). The van der Waals surface area contributed by atoms with Crippen LogP contribution in [0.3, 0.4) is 0 Å². The molecule has 27 heavy (non-hydrogen) atoms. The zero-order chi connectivity index (χ0) is 19.4. The van der Waals surface area contributed by atoms with Gasteiger partial charge in [-0.15, -0.1) is 0 Å². The largest absolute Gasteiger partial charge is 0.481 e. The maximum Gasteiger partial charge on any atom is 0.276 e. The molecule has 0 bridgehead atoms. The summed E-state index contributed by atoms with van der Waals surface area (Å²) in [6.07, 6.45) is 1.55. The summed E-state index contributed by atoms with van der Waals surface area (Å²) >= 11 is 0. The Morgan fingerprint density at radius 2 is 2.04 bits per heavy atom. The molecular formula is C19H17FN4O3. The van der Waals surface area contributed by atoms with Gasteiger partial charge in [-0.2, -0.15) is 5.10 Å². The summed E-state index contributed by atoms with van der Waals surface area (Å²) in [7, 11) is 1.49. The van der Waals surface area contributed by atoms with Crippen LogP contribution in [0.5, 0.6) is 5.88 Å². The first-order valence-corrected chi connectivity index (χ1v) is 8.12. The lowest BCUT2D eigenvalue weighted by molar-refractivity contribution is 0.0943. The number of ether oxygens (including phenoxy) is 1. The van der Waals surface area contributed by atoms with E-state index < -0.39 is 17.2 Å². The average molecular weight is 368 g/mol. The lowest BCUT2D eigenvalue weighted by Crippen LogP contribution is -2.31. The first-order valence-electron chi connectivity index (χ1n) is 8.12. The van der Waals surface area contributed by atoms with Gasteiger partial charge in [0.2, 0.25) is 11.3 Å². The van der Waals surface area contributed by atoms with E-state index in [4.69, 9.17) is 4.74 Å². The molecule has 1 N–H and O–H groups in total. The molecule has 2 heterocycles. The summed E-state index contributed by atoms with van der Waals surface area (Å²) in [5.41, 5.74) is 0.468. The van der Waals surface area contributed by atoms with Crippen molar-refractivity contribution in [1.29, 1.82) is 0 Å². The van der Waals surface area contributed by atoms with Crippen molar-refractivity contribution >= 4 is 5.91 Å². The van der Waals surface area contributed by atoms with Crippen molar-refractivity contribution in [2.75, 3.05) is 7.11 Å². The van der Waals surface area contributed by atoms with Crippen LogP contribution < -0.4 is 15.5 Å². The van der Waals surface area contributed by atoms with Gasteiger partial charge in [-0.3, -0.25) is 9.59 Å². The van der Waals surface area contributed by atoms with Gasteiger partial charge in [0.15, 0.2) is 5.69 Å². The van der Waals surface area contributed by atoms with Gasteiger partial charge in [-0.1, -0.05) is 12.1 Å². The van der Waals surface area contributed by atoms with E-state index in [-0.39, 0.29) is 17.9 Å². The van der Waals surface area contributed by atoms with Gasteiger partial charge in [0.05, 0.1) is 7.11 Å². The van der Waals surface area contributed by atoms with Crippen LogP contribution in [0, 0.1) is 12.7 Å². The molecule has 0 aliphatic rings. The molecule has 0 aliphatic heterocycles. The summed E-state index contributed by atoms with van der Waals surface area (Å²) in [4.78, 5) is 28.6. The number of rotatable bonds is 5. The quantitative estimate of drug-likeness (QED) is 0.745. The van der Waals surface area contributed by atoms with Crippen LogP contribution in [-0.2, 0) is 6.54 Å². The van der Waals surface area contributed by atoms with Gasteiger partial charge in [0.25, 0.3) is 5.91 Å². The number of aryl methyl sites for hydroxylation is 1.